The summed E-state index contributed by atoms with van der Waals surface area (Å²) < 4.78 is 1.46. The summed E-state index contributed by atoms with van der Waals surface area (Å²) in [5.74, 6) is -1.46. The predicted molar refractivity (Wildman–Crippen MR) is 126 cm³/mol. The number of aryl methyl sites for hydroxylation is 1. The molecule has 1 atom stereocenters. The Labute approximate surface area is 203 Å². The number of anilines is 1. The van der Waals surface area contributed by atoms with Gasteiger partial charge in [-0.2, -0.15) is 5.10 Å². The van der Waals surface area contributed by atoms with Gasteiger partial charge in [0, 0.05) is 29.6 Å². The van der Waals surface area contributed by atoms with Crippen LogP contribution in [-0.2, 0) is 16.1 Å². The maximum Gasteiger partial charge on any atom is 0.277 e. The number of H-pyrrole nitrogens is 1. The van der Waals surface area contributed by atoms with Crippen molar-refractivity contribution in [2.75, 3.05) is 5.32 Å². The van der Waals surface area contributed by atoms with E-state index >= 15 is 0 Å². The van der Waals surface area contributed by atoms with Gasteiger partial charge < -0.3 is 10.2 Å². The third-order valence-corrected chi connectivity index (χ3v) is 6.52. The topological polar surface area (TPSA) is 155 Å². The fraction of sp³-hybridized carbons (Fsp3) is 0.208. The Kier molecular flexibility index (Phi) is 4.88. The molecule has 2 aliphatic rings. The average molecular weight is 484 g/mol. The number of amides is 4. The number of piperidine rings is 1. The van der Waals surface area contributed by atoms with Crippen LogP contribution < -0.4 is 10.6 Å². The number of imide groups is 1. The van der Waals surface area contributed by atoms with E-state index in [9.17, 15) is 19.2 Å². The lowest BCUT2D eigenvalue weighted by molar-refractivity contribution is -0.136. The summed E-state index contributed by atoms with van der Waals surface area (Å²) in [5.41, 5.74) is 4.35. The average Bonchev–Trinajstić information content (AvgIpc) is 3.58. The minimum atomic E-state index is -0.683. The van der Waals surface area contributed by atoms with E-state index in [4.69, 9.17) is 0 Å². The Balaban J connectivity index is 1.20. The Morgan fingerprint density at radius 3 is 2.86 bits per heavy atom. The lowest BCUT2D eigenvalue weighted by Crippen LogP contribution is -2.52. The zero-order valence-electron chi connectivity index (χ0n) is 19.1. The van der Waals surface area contributed by atoms with Gasteiger partial charge in [0.2, 0.25) is 11.8 Å². The molecule has 1 fully saturated rings. The Hall–Kier alpha value is -4.87. The van der Waals surface area contributed by atoms with Gasteiger partial charge in [-0.05, 0) is 54.8 Å². The molecular formula is C24H20N8O4. The zero-order chi connectivity index (χ0) is 25.0. The summed E-state index contributed by atoms with van der Waals surface area (Å²) in [6, 6.07) is 8.12. The molecule has 180 valence electrons. The Morgan fingerprint density at radius 1 is 1.17 bits per heavy atom. The number of nitrogens with zero attached hydrogens (tertiary/aromatic N) is 5. The number of benzene rings is 2. The van der Waals surface area contributed by atoms with Crippen LogP contribution in [0.3, 0.4) is 0 Å². The summed E-state index contributed by atoms with van der Waals surface area (Å²) >= 11 is 0. The molecule has 4 heterocycles. The minimum absolute atomic E-state index is 0.124. The quantitative estimate of drug-likeness (QED) is 0.371. The maximum absolute atomic E-state index is 12.9. The van der Waals surface area contributed by atoms with Crippen LogP contribution in [0.2, 0.25) is 0 Å². The number of fused-ring (bicyclic) bond motifs is 2. The van der Waals surface area contributed by atoms with Gasteiger partial charge in [-0.15, -0.1) is 5.10 Å². The standard InChI is InChI=1S/C24H20N8O4/c1-12-6-14(8-18-17(12)9-25-28-18)26-22(34)19-11-32(30-29-19)15-2-3-16-13(7-15)10-31(24(16)36)20-4-5-21(33)27-23(20)35/h2-3,6-9,11,20H,4-5,10H2,1H3,(H,25,28)(H,26,34)(H,27,33,35). The molecule has 0 spiro atoms. The lowest BCUT2D eigenvalue weighted by atomic mass is 10.0. The van der Waals surface area contributed by atoms with E-state index in [0.29, 0.717) is 23.4 Å². The number of carbonyl (C=O) groups excluding carboxylic acids is 4. The molecule has 1 unspecified atom stereocenters. The predicted octanol–water partition coefficient (Wildman–Crippen LogP) is 1.47. The van der Waals surface area contributed by atoms with Gasteiger partial charge in [0.05, 0.1) is 23.6 Å². The van der Waals surface area contributed by atoms with Crippen LogP contribution in [-0.4, -0.2) is 59.8 Å². The molecule has 4 aromatic rings. The van der Waals surface area contributed by atoms with Crippen molar-refractivity contribution in [3.63, 3.8) is 0 Å². The summed E-state index contributed by atoms with van der Waals surface area (Å²) in [6.45, 7) is 2.18. The van der Waals surface area contributed by atoms with E-state index in [-0.39, 0.29) is 30.5 Å². The van der Waals surface area contributed by atoms with E-state index < -0.39 is 17.9 Å². The number of nitrogens with one attached hydrogen (secondary N) is 3. The molecule has 2 aromatic heterocycles. The fourth-order valence-corrected chi connectivity index (χ4v) is 4.69. The fourth-order valence-electron chi connectivity index (χ4n) is 4.69. The van der Waals surface area contributed by atoms with Crippen LogP contribution in [0.5, 0.6) is 0 Å². The second-order valence-electron chi connectivity index (χ2n) is 8.87. The van der Waals surface area contributed by atoms with Gasteiger partial charge >= 0.3 is 0 Å². The van der Waals surface area contributed by atoms with E-state index in [1.54, 1.807) is 30.5 Å². The van der Waals surface area contributed by atoms with Gasteiger partial charge in [0.15, 0.2) is 5.69 Å². The molecule has 3 N–H and O–H groups in total. The number of hydrogen-bond donors (Lipinski definition) is 3. The molecule has 0 aliphatic carbocycles. The molecule has 0 bridgehead atoms. The van der Waals surface area contributed by atoms with Crippen molar-refractivity contribution in [3.8, 4) is 5.69 Å². The molecule has 2 aromatic carbocycles. The first-order valence-electron chi connectivity index (χ1n) is 11.3. The van der Waals surface area contributed by atoms with E-state index in [2.05, 4.69) is 31.1 Å². The van der Waals surface area contributed by atoms with Gasteiger partial charge in [-0.1, -0.05) is 5.21 Å². The highest BCUT2D eigenvalue weighted by atomic mass is 16.2. The number of carbonyl (C=O) groups is 4. The zero-order valence-corrected chi connectivity index (χ0v) is 19.1. The maximum atomic E-state index is 12.9. The number of aromatic amines is 1. The molecule has 0 radical (unpaired) electrons. The van der Waals surface area contributed by atoms with Gasteiger partial charge in [0.25, 0.3) is 11.8 Å². The summed E-state index contributed by atoms with van der Waals surface area (Å²) in [5, 5.41) is 21.1. The van der Waals surface area contributed by atoms with Crippen molar-refractivity contribution in [1.29, 1.82) is 0 Å². The second-order valence-corrected chi connectivity index (χ2v) is 8.87. The van der Waals surface area contributed by atoms with Crippen LogP contribution in [0.15, 0.2) is 42.7 Å². The van der Waals surface area contributed by atoms with Crippen LogP contribution >= 0.6 is 0 Å². The highest BCUT2D eigenvalue weighted by Gasteiger charge is 2.39. The highest BCUT2D eigenvalue weighted by molar-refractivity contribution is 6.06. The van der Waals surface area contributed by atoms with Gasteiger partial charge in [-0.3, -0.25) is 29.6 Å². The first kappa shape index (κ1) is 21.6. The third-order valence-electron chi connectivity index (χ3n) is 6.52. The largest absolute Gasteiger partial charge is 0.322 e. The normalized spacial score (nSPS) is 17.4. The first-order chi connectivity index (χ1) is 17.4. The number of hydrogen-bond acceptors (Lipinski definition) is 7. The molecule has 36 heavy (non-hydrogen) atoms. The second kappa shape index (κ2) is 8.12. The SMILES string of the molecule is Cc1cc(NC(=O)c2cn(-c3ccc4c(c3)CN(C3CCC(=O)NC3=O)C4=O)nn2)cc2[nH]ncc12. The van der Waals surface area contributed by atoms with Gasteiger partial charge in [0.1, 0.15) is 6.04 Å². The van der Waals surface area contributed by atoms with Crippen LogP contribution in [0, 0.1) is 6.92 Å². The molecule has 4 amide bonds. The number of aromatic nitrogens is 5. The van der Waals surface area contributed by atoms with Crippen molar-refractivity contribution >= 4 is 40.2 Å². The van der Waals surface area contributed by atoms with Crippen LogP contribution in [0.1, 0.15) is 44.8 Å². The van der Waals surface area contributed by atoms with Crippen LogP contribution in [0.4, 0.5) is 5.69 Å². The number of rotatable bonds is 4. The molecule has 12 heteroatoms. The molecule has 2 aliphatic heterocycles. The third kappa shape index (κ3) is 3.59. The van der Waals surface area contributed by atoms with Crippen LogP contribution in [0.25, 0.3) is 16.6 Å². The Morgan fingerprint density at radius 2 is 2.03 bits per heavy atom. The Bertz CT molecular complexity index is 1590. The van der Waals surface area contributed by atoms with Crippen molar-refractivity contribution in [2.45, 2.75) is 32.4 Å². The smallest absolute Gasteiger partial charge is 0.277 e. The van der Waals surface area contributed by atoms with Crippen molar-refractivity contribution < 1.29 is 19.2 Å². The molecule has 12 nitrogen and oxygen atoms in total. The van der Waals surface area contributed by atoms with Crippen molar-refractivity contribution in [2.24, 2.45) is 0 Å². The summed E-state index contributed by atoms with van der Waals surface area (Å²) in [4.78, 5) is 50.9. The summed E-state index contributed by atoms with van der Waals surface area (Å²) in [6.07, 6.45) is 3.73. The highest BCUT2D eigenvalue weighted by Crippen LogP contribution is 2.29. The molecule has 6 rings (SSSR count). The monoisotopic (exact) mass is 484 g/mol. The molecule has 0 saturated carbocycles. The summed E-state index contributed by atoms with van der Waals surface area (Å²) in [7, 11) is 0. The molecular weight excluding hydrogens is 464 g/mol. The molecule has 1 saturated heterocycles. The van der Waals surface area contributed by atoms with Crippen molar-refractivity contribution in [3.05, 3.63) is 65.1 Å². The van der Waals surface area contributed by atoms with E-state index in [0.717, 1.165) is 22.0 Å². The first-order valence-corrected chi connectivity index (χ1v) is 11.3. The van der Waals surface area contributed by atoms with Crippen molar-refractivity contribution in [1.82, 2.24) is 35.4 Å². The minimum Gasteiger partial charge on any atom is -0.322 e. The van der Waals surface area contributed by atoms with E-state index in [1.807, 2.05) is 13.0 Å². The lowest BCUT2D eigenvalue weighted by Gasteiger charge is -2.29. The van der Waals surface area contributed by atoms with Gasteiger partial charge in [-0.25, -0.2) is 4.68 Å². The van der Waals surface area contributed by atoms with E-state index in [1.165, 1.54) is 15.8 Å².